The minimum Gasteiger partial charge on any atom is -0.491 e. The number of allylic oxidation sites excluding steroid dienone is 2. The fourth-order valence-corrected chi connectivity index (χ4v) is 9.63. The number of hydrogen-bond donors (Lipinski definition) is 0. The van der Waals surface area contributed by atoms with Gasteiger partial charge in [-0.15, -0.1) is 0 Å². The Bertz CT molecular complexity index is 1830. The lowest BCUT2D eigenvalue weighted by molar-refractivity contribution is 0.219. The maximum absolute atomic E-state index is 14.5. The number of hydrogen-bond acceptors (Lipinski definition) is 6. The van der Waals surface area contributed by atoms with Crippen LogP contribution in [-0.4, -0.2) is 30.0 Å². The standard InChI is InChI=1S/C42H50O6S2/c1-5-9-17-31(7-3)29-47-39-37-27-35(25-23-33-19-13-11-14-20-33)50(45,46)42(37)40(48-30-32(8-4)18-10-6-2)38-28-36(49(43,44)41(38)39)26-24-34-21-15-12-16-22-34/h11-16,19-28,31-32H,5-10,17-18,29-30H2,1-4H3/b25-23+,26-24+. The van der Waals surface area contributed by atoms with Crippen LogP contribution in [0, 0.1) is 11.8 Å². The zero-order valence-electron chi connectivity index (χ0n) is 29.7. The fraction of sp³-hybridized carbons (Fsp3) is 0.381. The van der Waals surface area contributed by atoms with E-state index in [2.05, 4.69) is 27.7 Å². The minimum atomic E-state index is -4.10. The Balaban J connectivity index is 1.70. The molecule has 0 amide bonds. The molecule has 266 valence electrons. The molecule has 2 aliphatic heterocycles. The molecule has 0 saturated carbocycles. The first-order chi connectivity index (χ1) is 24.1. The predicted molar refractivity (Wildman–Crippen MR) is 205 cm³/mol. The van der Waals surface area contributed by atoms with E-state index in [0.29, 0.717) is 0 Å². The summed E-state index contributed by atoms with van der Waals surface area (Å²) in [7, 11) is -8.21. The van der Waals surface area contributed by atoms with Gasteiger partial charge in [0.15, 0.2) is 0 Å². The van der Waals surface area contributed by atoms with E-state index in [1.807, 2.05) is 60.7 Å². The van der Waals surface area contributed by atoms with Crippen molar-refractivity contribution in [2.24, 2.45) is 11.8 Å². The van der Waals surface area contributed by atoms with E-state index >= 15 is 0 Å². The lowest BCUT2D eigenvalue weighted by Gasteiger charge is -2.23. The summed E-state index contributed by atoms with van der Waals surface area (Å²) < 4.78 is 71.1. The van der Waals surface area contributed by atoms with Gasteiger partial charge in [0.2, 0.25) is 19.7 Å². The summed E-state index contributed by atoms with van der Waals surface area (Å²) in [6.45, 7) is 9.02. The van der Waals surface area contributed by atoms with Crippen LogP contribution in [0.25, 0.3) is 24.3 Å². The topological polar surface area (TPSA) is 86.7 Å². The zero-order valence-corrected chi connectivity index (χ0v) is 31.4. The molecule has 0 aromatic heterocycles. The van der Waals surface area contributed by atoms with Gasteiger partial charge in [0.1, 0.15) is 21.3 Å². The Morgan fingerprint density at radius 3 is 1.28 bits per heavy atom. The maximum atomic E-state index is 14.5. The van der Waals surface area contributed by atoms with Crippen molar-refractivity contribution in [1.29, 1.82) is 0 Å². The van der Waals surface area contributed by atoms with Crippen LogP contribution in [0.3, 0.4) is 0 Å². The zero-order chi connectivity index (χ0) is 35.7. The molecular weight excluding hydrogens is 665 g/mol. The van der Waals surface area contributed by atoms with E-state index in [9.17, 15) is 16.8 Å². The summed E-state index contributed by atoms with van der Waals surface area (Å²) in [6, 6.07) is 18.9. The molecule has 50 heavy (non-hydrogen) atoms. The molecule has 3 aromatic carbocycles. The van der Waals surface area contributed by atoms with Crippen LogP contribution in [-0.2, 0) is 19.7 Å². The summed E-state index contributed by atoms with van der Waals surface area (Å²) in [4.78, 5) is 0.0870. The van der Waals surface area contributed by atoms with E-state index < -0.39 is 19.7 Å². The molecule has 2 aliphatic rings. The molecule has 2 heterocycles. The molecular formula is C42H50O6S2. The van der Waals surface area contributed by atoms with E-state index in [4.69, 9.17) is 9.47 Å². The number of sulfone groups is 2. The Morgan fingerprint density at radius 2 is 0.940 bits per heavy atom. The SMILES string of the molecule is CCCCC(CC)COc1c2c(c(OCC(CC)CCCC)c3c1S(=O)(=O)C(/C=C/c1ccccc1)=C3)S(=O)(=O)C(/C=C/c1ccccc1)=C2. The molecule has 2 unspecified atom stereocenters. The highest BCUT2D eigenvalue weighted by atomic mass is 32.2. The van der Waals surface area contributed by atoms with Crippen LogP contribution < -0.4 is 9.47 Å². The Labute approximate surface area is 299 Å². The summed E-state index contributed by atoms with van der Waals surface area (Å²) >= 11 is 0. The molecule has 3 aromatic rings. The molecule has 0 radical (unpaired) electrons. The van der Waals surface area contributed by atoms with E-state index in [1.54, 1.807) is 36.5 Å². The van der Waals surface area contributed by atoms with E-state index in [1.165, 1.54) is 0 Å². The van der Waals surface area contributed by atoms with Crippen LogP contribution in [0.4, 0.5) is 0 Å². The van der Waals surface area contributed by atoms with Crippen molar-refractivity contribution in [2.45, 2.75) is 88.9 Å². The predicted octanol–water partition coefficient (Wildman–Crippen LogP) is 10.6. The van der Waals surface area contributed by atoms with Crippen molar-refractivity contribution in [3.63, 3.8) is 0 Å². The van der Waals surface area contributed by atoms with Gasteiger partial charge in [-0.3, -0.25) is 0 Å². The highest BCUT2D eigenvalue weighted by molar-refractivity contribution is 7.96. The van der Waals surface area contributed by atoms with Crippen LogP contribution in [0.5, 0.6) is 11.5 Å². The van der Waals surface area contributed by atoms with Gasteiger partial charge >= 0.3 is 0 Å². The first kappa shape index (κ1) is 37.4. The van der Waals surface area contributed by atoms with Gasteiger partial charge in [-0.25, -0.2) is 16.8 Å². The first-order valence-corrected chi connectivity index (χ1v) is 21.0. The number of benzene rings is 3. The van der Waals surface area contributed by atoms with E-state index in [-0.39, 0.29) is 67.3 Å². The summed E-state index contributed by atoms with van der Waals surface area (Å²) in [5.41, 5.74) is 2.17. The Hall–Kier alpha value is -3.88. The number of fused-ring (bicyclic) bond motifs is 2. The molecule has 0 saturated heterocycles. The third kappa shape index (κ3) is 8.18. The van der Waals surface area contributed by atoms with Crippen LogP contribution in [0.1, 0.15) is 101 Å². The van der Waals surface area contributed by atoms with Crippen molar-refractivity contribution < 1.29 is 26.3 Å². The van der Waals surface area contributed by atoms with Gasteiger partial charge in [0, 0.05) is 11.1 Å². The average Bonchev–Trinajstić information content (AvgIpc) is 3.55. The molecule has 0 aliphatic carbocycles. The lowest BCUT2D eigenvalue weighted by Crippen LogP contribution is -2.17. The minimum absolute atomic E-state index is 0.0225. The number of unbranched alkanes of at least 4 members (excludes halogenated alkanes) is 2. The largest absolute Gasteiger partial charge is 0.491 e. The summed E-state index contributed by atoms with van der Waals surface area (Å²) in [5, 5.41) is 0. The van der Waals surface area contributed by atoms with Crippen molar-refractivity contribution in [2.75, 3.05) is 13.2 Å². The van der Waals surface area contributed by atoms with Crippen molar-refractivity contribution >= 4 is 44.0 Å². The molecule has 5 rings (SSSR count). The Kier molecular flexibility index (Phi) is 12.6. The molecule has 0 N–H and O–H groups in total. The highest BCUT2D eigenvalue weighted by Gasteiger charge is 2.44. The van der Waals surface area contributed by atoms with Gasteiger partial charge in [0.25, 0.3) is 0 Å². The van der Waals surface area contributed by atoms with Crippen LogP contribution in [0.2, 0.25) is 0 Å². The maximum Gasteiger partial charge on any atom is 0.211 e. The fourth-order valence-electron chi connectivity index (χ4n) is 6.41. The van der Waals surface area contributed by atoms with Gasteiger partial charge in [0.05, 0.1) is 23.0 Å². The molecule has 6 nitrogen and oxygen atoms in total. The average molecular weight is 715 g/mol. The second kappa shape index (κ2) is 16.9. The van der Waals surface area contributed by atoms with Crippen LogP contribution in [0.15, 0.2) is 92.4 Å². The molecule has 0 fully saturated rings. The van der Waals surface area contributed by atoms with Crippen LogP contribution >= 0.6 is 0 Å². The van der Waals surface area contributed by atoms with Crippen molar-refractivity contribution in [3.8, 4) is 11.5 Å². The number of rotatable bonds is 18. The second-order valence-corrected chi connectivity index (χ2v) is 17.0. The smallest absolute Gasteiger partial charge is 0.211 e. The summed E-state index contributed by atoms with van der Waals surface area (Å²) in [6.07, 6.45) is 17.5. The molecule has 0 bridgehead atoms. The highest BCUT2D eigenvalue weighted by Crippen LogP contribution is 2.54. The molecule has 2 atom stereocenters. The third-order valence-electron chi connectivity index (χ3n) is 9.61. The molecule has 8 heteroatoms. The second-order valence-electron chi connectivity index (χ2n) is 13.2. The van der Waals surface area contributed by atoms with Gasteiger partial charge < -0.3 is 9.47 Å². The monoisotopic (exact) mass is 714 g/mol. The normalized spacial score (nSPS) is 17.0. The third-order valence-corrected chi connectivity index (χ3v) is 13.2. The quantitative estimate of drug-likeness (QED) is 0.130. The van der Waals surface area contributed by atoms with E-state index in [0.717, 1.165) is 62.5 Å². The van der Waals surface area contributed by atoms with Gasteiger partial charge in [-0.2, -0.15) is 0 Å². The van der Waals surface area contributed by atoms with Crippen molar-refractivity contribution in [3.05, 3.63) is 105 Å². The molecule has 0 spiro atoms. The van der Waals surface area contributed by atoms with Crippen molar-refractivity contribution in [1.82, 2.24) is 0 Å². The summed E-state index contributed by atoms with van der Waals surface area (Å²) in [5.74, 6) is 0.549. The van der Waals surface area contributed by atoms with Gasteiger partial charge in [-0.05, 0) is 60.1 Å². The first-order valence-electron chi connectivity index (χ1n) is 18.0. The number of ether oxygens (including phenoxy) is 2. The van der Waals surface area contributed by atoms with Gasteiger partial charge in [-0.1, -0.05) is 139 Å². The lowest BCUT2D eigenvalue weighted by atomic mass is 10.00. The Morgan fingerprint density at radius 1 is 0.560 bits per heavy atom.